The number of nitrogens with one attached hydrogen (secondary N) is 1. The fourth-order valence-corrected chi connectivity index (χ4v) is 3.29. The number of hydrogen-bond acceptors (Lipinski definition) is 6. The van der Waals surface area contributed by atoms with Crippen LogP contribution in [0.3, 0.4) is 0 Å². The predicted octanol–water partition coefficient (Wildman–Crippen LogP) is 4.10. The number of rotatable bonds is 2. The van der Waals surface area contributed by atoms with Gasteiger partial charge in [-0.15, -0.1) is 0 Å². The molecule has 1 saturated carbocycles. The van der Waals surface area contributed by atoms with Gasteiger partial charge < -0.3 is 9.47 Å². The molecule has 1 aromatic rings. The number of nitrogens with zero attached hydrogens (tertiary/aromatic N) is 2. The molecule has 0 aromatic carbocycles. The summed E-state index contributed by atoms with van der Waals surface area (Å²) in [7, 11) is 0. The predicted molar refractivity (Wildman–Crippen MR) is 107 cm³/mol. The second-order valence-electron chi connectivity index (χ2n) is 9.16. The highest BCUT2D eigenvalue weighted by Crippen LogP contribution is 2.39. The molecule has 2 rings (SSSR count). The van der Waals surface area contributed by atoms with Gasteiger partial charge in [-0.05, 0) is 66.9 Å². The first-order chi connectivity index (χ1) is 13.3. The van der Waals surface area contributed by atoms with Crippen LogP contribution in [0.5, 0.6) is 0 Å². The molecular formula is C21H31N3O5. The fraction of sp³-hybridized carbons (Fsp3) is 0.619. The maximum atomic E-state index is 13.2. The topological polar surface area (TPSA) is 97.8 Å². The molecule has 1 fully saturated rings. The van der Waals surface area contributed by atoms with Gasteiger partial charge in [0.1, 0.15) is 11.2 Å². The van der Waals surface area contributed by atoms with Crippen LogP contribution in [0.15, 0.2) is 24.5 Å². The molecular weight excluding hydrogens is 374 g/mol. The number of carbonyl (C=O) groups is 3. The monoisotopic (exact) mass is 405 g/mol. The molecule has 1 aliphatic carbocycles. The van der Waals surface area contributed by atoms with Crippen molar-refractivity contribution in [1.82, 2.24) is 15.4 Å². The Morgan fingerprint density at radius 2 is 1.76 bits per heavy atom. The average molecular weight is 405 g/mol. The Balaban J connectivity index is 2.53. The van der Waals surface area contributed by atoms with Crippen LogP contribution in [0.1, 0.15) is 72.8 Å². The molecule has 1 heterocycles. The zero-order valence-electron chi connectivity index (χ0n) is 18.1. The summed E-state index contributed by atoms with van der Waals surface area (Å²) in [6.45, 7) is 10.3. The first-order valence-corrected chi connectivity index (χ1v) is 9.82. The van der Waals surface area contributed by atoms with Crippen LogP contribution >= 0.6 is 0 Å². The minimum absolute atomic E-state index is 0.182. The lowest BCUT2D eigenvalue weighted by Gasteiger charge is -2.44. The first kappa shape index (κ1) is 22.6. The summed E-state index contributed by atoms with van der Waals surface area (Å²) in [4.78, 5) is 43.0. The summed E-state index contributed by atoms with van der Waals surface area (Å²) in [5.41, 5.74) is -0.00327. The number of carbonyl (C=O) groups excluding carboxylic acids is 3. The molecule has 1 unspecified atom stereocenters. The lowest BCUT2D eigenvalue weighted by molar-refractivity contribution is -0.137. The number of pyridine rings is 1. The third-order valence-electron chi connectivity index (χ3n) is 4.35. The molecule has 1 aliphatic rings. The molecule has 29 heavy (non-hydrogen) atoms. The van der Waals surface area contributed by atoms with E-state index in [1.165, 1.54) is 6.20 Å². The molecule has 1 atom stereocenters. The molecule has 8 nitrogen and oxygen atoms in total. The molecule has 0 aliphatic heterocycles. The highest BCUT2D eigenvalue weighted by atomic mass is 16.6. The molecule has 1 aromatic heterocycles. The van der Waals surface area contributed by atoms with Gasteiger partial charge in [0.2, 0.25) is 0 Å². The molecule has 0 saturated heterocycles. The van der Waals surface area contributed by atoms with Crippen molar-refractivity contribution in [2.45, 2.75) is 84.0 Å². The number of Topliss-reactive ketones (excluding diaryl/α,β-unsaturated/α-hetero) is 1. The number of ketones is 1. The molecule has 0 radical (unpaired) electrons. The van der Waals surface area contributed by atoms with Crippen molar-refractivity contribution in [2.24, 2.45) is 0 Å². The van der Waals surface area contributed by atoms with Gasteiger partial charge in [0, 0.05) is 24.4 Å². The van der Waals surface area contributed by atoms with Crippen molar-refractivity contribution in [3.63, 3.8) is 0 Å². The number of amides is 2. The Hall–Kier alpha value is -2.64. The van der Waals surface area contributed by atoms with E-state index in [-0.39, 0.29) is 12.2 Å². The molecule has 2 amide bonds. The normalized spacial score (nSPS) is 20.0. The van der Waals surface area contributed by atoms with Crippen LogP contribution < -0.4 is 5.43 Å². The summed E-state index contributed by atoms with van der Waals surface area (Å²) >= 11 is 0. The molecule has 0 bridgehead atoms. The Morgan fingerprint density at radius 3 is 2.28 bits per heavy atom. The van der Waals surface area contributed by atoms with E-state index in [9.17, 15) is 14.4 Å². The van der Waals surface area contributed by atoms with Crippen molar-refractivity contribution >= 4 is 18.0 Å². The lowest BCUT2D eigenvalue weighted by atomic mass is 9.75. The third kappa shape index (κ3) is 5.68. The van der Waals surface area contributed by atoms with Crippen molar-refractivity contribution < 1.29 is 23.9 Å². The quantitative estimate of drug-likeness (QED) is 0.744. The number of hydrogen-bond donors (Lipinski definition) is 1. The molecule has 8 heteroatoms. The Kier molecular flexibility index (Phi) is 6.55. The standard InChI is InChI=1S/C21H31N3O5/c1-19(2,3)28-17(26)23-24(18(27)29-20(4,5)6)21(12-8-7-11-16(21)25)15-10-9-13-22-14-15/h9-10,13-14H,7-8,11-12H2,1-6H3,(H,23,26). The molecule has 0 spiro atoms. The van der Waals surface area contributed by atoms with Gasteiger partial charge in [-0.25, -0.2) is 15.0 Å². The van der Waals surface area contributed by atoms with E-state index in [2.05, 4.69) is 10.4 Å². The minimum atomic E-state index is -1.41. The Morgan fingerprint density at radius 1 is 1.10 bits per heavy atom. The number of ether oxygens (including phenoxy) is 2. The van der Waals surface area contributed by atoms with Crippen molar-refractivity contribution in [2.75, 3.05) is 0 Å². The maximum absolute atomic E-state index is 13.2. The van der Waals surface area contributed by atoms with Crippen LogP contribution in [0.2, 0.25) is 0 Å². The van der Waals surface area contributed by atoms with Crippen LogP contribution in [-0.4, -0.2) is 39.2 Å². The molecule has 160 valence electrons. The van der Waals surface area contributed by atoms with Crippen molar-refractivity contribution in [3.05, 3.63) is 30.1 Å². The van der Waals surface area contributed by atoms with Crippen LogP contribution in [0, 0.1) is 0 Å². The summed E-state index contributed by atoms with van der Waals surface area (Å²) in [5.74, 6) is -0.182. The van der Waals surface area contributed by atoms with E-state index in [1.807, 2.05) is 0 Å². The van der Waals surface area contributed by atoms with Gasteiger partial charge in [-0.2, -0.15) is 5.01 Å². The van der Waals surface area contributed by atoms with Crippen LogP contribution in [0.25, 0.3) is 0 Å². The minimum Gasteiger partial charge on any atom is -0.443 e. The zero-order valence-corrected chi connectivity index (χ0v) is 18.1. The van der Waals surface area contributed by atoms with Crippen molar-refractivity contribution in [3.8, 4) is 0 Å². The maximum Gasteiger partial charge on any atom is 0.430 e. The Labute approximate surface area is 171 Å². The summed E-state index contributed by atoms with van der Waals surface area (Å²) in [6, 6.07) is 3.42. The smallest absolute Gasteiger partial charge is 0.430 e. The van der Waals surface area contributed by atoms with E-state index in [1.54, 1.807) is 59.9 Å². The van der Waals surface area contributed by atoms with E-state index < -0.39 is 28.9 Å². The second-order valence-corrected chi connectivity index (χ2v) is 9.16. The van der Waals surface area contributed by atoms with E-state index in [4.69, 9.17) is 9.47 Å². The number of hydrazine groups is 1. The van der Waals surface area contributed by atoms with E-state index in [0.29, 0.717) is 18.4 Å². The van der Waals surface area contributed by atoms with Gasteiger partial charge in [0.25, 0.3) is 0 Å². The third-order valence-corrected chi connectivity index (χ3v) is 4.35. The number of aromatic nitrogens is 1. The van der Waals surface area contributed by atoms with E-state index >= 15 is 0 Å². The van der Waals surface area contributed by atoms with Gasteiger partial charge in [0.05, 0.1) is 0 Å². The molecule has 1 N–H and O–H groups in total. The van der Waals surface area contributed by atoms with E-state index in [0.717, 1.165) is 11.4 Å². The Bertz CT molecular complexity index is 752. The zero-order chi connectivity index (χ0) is 21.9. The van der Waals surface area contributed by atoms with Crippen LogP contribution in [0.4, 0.5) is 9.59 Å². The lowest BCUT2D eigenvalue weighted by Crippen LogP contribution is -2.63. The van der Waals surface area contributed by atoms with Gasteiger partial charge in [-0.3, -0.25) is 9.78 Å². The summed E-state index contributed by atoms with van der Waals surface area (Å²) in [6.07, 6.45) is 3.50. The summed E-state index contributed by atoms with van der Waals surface area (Å²) < 4.78 is 10.9. The van der Waals surface area contributed by atoms with Gasteiger partial charge in [0.15, 0.2) is 11.3 Å². The first-order valence-electron chi connectivity index (χ1n) is 9.82. The summed E-state index contributed by atoms with van der Waals surface area (Å²) in [5, 5.41) is 0.991. The van der Waals surface area contributed by atoms with Gasteiger partial charge in [-0.1, -0.05) is 6.07 Å². The second kappa shape index (κ2) is 8.39. The fourth-order valence-electron chi connectivity index (χ4n) is 3.29. The highest BCUT2D eigenvalue weighted by Gasteiger charge is 2.51. The van der Waals surface area contributed by atoms with Crippen molar-refractivity contribution in [1.29, 1.82) is 0 Å². The SMILES string of the molecule is CC(C)(C)OC(=O)NN(C(=O)OC(C)(C)C)C1(c2cccnc2)CCCCC1=O. The van der Waals surface area contributed by atoms with Crippen LogP contribution in [-0.2, 0) is 19.8 Å². The van der Waals surface area contributed by atoms with Gasteiger partial charge >= 0.3 is 12.2 Å². The largest absolute Gasteiger partial charge is 0.443 e. The highest BCUT2D eigenvalue weighted by molar-refractivity contribution is 5.94. The average Bonchev–Trinajstić information content (AvgIpc) is 2.58.